The average Bonchev–Trinajstić information content (AvgIpc) is 3.41. The van der Waals surface area contributed by atoms with Gasteiger partial charge in [0.15, 0.2) is 0 Å². The molecular weight excluding hydrogens is 520 g/mol. The molecule has 0 unspecified atom stereocenters. The minimum Gasteiger partial charge on any atom is -0.308 e. The summed E-state index contributed by atoms with van der Waals surface area (Å²) >= 11 is 0. The number of rotatable bonds is 7. The van der Waals surface area contributed by atoms with Crippen LogP contribution in [0.5, 0.6) is 0 Å². The molecule has 1 heterocycles. The van der Waals surface area contributed by atoms with Gasteiger partial charge in [0.05, 0.1) is 16.9 Å². The number of fused-ring (bicyclic) bond motifs is 3. The molecule has 2 heteroatoms. The van der Waals surface area contributed by atoms with E-state index >= 15 is 0 Å². The number of para-hydroxylation sites is 2. The van der Waals surface area contributed by atoms with Crippen LogP contribution in [0.4, 0.5) is 17.1 Å². The van der Waals surface area contributed by atoms with Gasteiger partial charge in [-0.05, 0) is 77.4 Å². The summed E-state index contributed by atoms with van der Waals surface area (Å²) in [5.41, 5.74) is 10.1. The van der Waals surface area contributed by atoms with Crippen LogP contribution in [0.1, 0.15) is 18.2 Å². The molecule has 0 bridgehead atoms. The minimum absolute atomic E-state index is 1.07. The third-order valence-electron chi connectivity index (χ3n) is 8.02. The number of aromatic nitrogens is 1. The second-order valence-electron chi connectivity index (χ2n) is 10.6. The summed E-state index contributed by atoms with van der Waals surface area (Å²) in [5, 5.41) is 3.62. The highest BCUT2D eigenvalue weighted by molar-refractivity contribution is 6.18. The Labute approximate surface area is 253 Å². The second-order valence-corrected chi connectivity index (χ2v) is 10.6. The second kappa shape index (κ2) is 11.3. The van der Waals surface area contributed by atoms with Gasteiger partial charge in [-0.1, -0.05) is 122 Å². The lowest BCUT2D eigenvalue weighted by Gasteiger charge is -2.27. The molecule has 0 aliphatic heterocycles. The molecule has 206 valence electrons. The summed E-state index contributed by atoms with van der Waals surface area (Å²) in [5.74, 6) is 0. The molecule has 0 spiro atoms. The van der Waals surface area contributed by atoms with E-state index in [0.717, 1.165) is 39.5 Å². The Bertz CT molecular complexity index is 2050. The summed E-state index contributed by atoms with van der Waals surface area (Å²) < 4.78 is 2.39. The first-order valence-corrected chi connectivity index (χ1v) is 14.7. The molecule has 7 aromatic rings. The molecule has 0 amide bonds. The summed E-state index contributed by atoms with van der Waals surface area (Å²) in [6.07, 6.45) is 6.35. The van der Waals surface area contributed by atoms with Crippen molar-refractivity contribution in [3.63, 3.8) is 0 Å². The maximum Gasteiger partial charge on any atom is 0.0788 e. The highest BCUT2D eigenvalue weighted by Gasteiger charge is 2.25. The van der Waals surface area contributed by atoms with E-state index in [-0.39, 0.29) is 0 Å². The SMILES string of the molecule is C=Cc1c(/C=C\C)c2c3ccccc3cc(N(c3ccccc3)c3ccccc3)c2n1-c1cccc(-c2ccccc2)c1. The predicted octanol–water partition coefficient (Wildman–Crippen LogP) is 11.6. The Hall–Kier alpha value is -5.60. The number of nitrogens with zero attached hydrogens (tertiary/aromatic N) is 2. The summed E-state index contributed by atoms with van der Waals surface area (Å²) in [6.45, 7) is 6.42. The molecule has 0 saturated heterocycles. The zero-order valence-corrected chi connectivity index (χ0v) is 24.2. The quantitative estimate of drug-likeness (QED) is 0.191. The molecule has 1 aromatic heterocycles. The average molecular weight is 553 g/mol. The fourth-order valence-corrected chi connectivity index (χ4v) is 6.20. The van der Waals surface area contributed by atoms with Gasteiger partial charge in [-0.15, -0.1) is 0 Å². The van der Waals surface area contributed by atoms with Crippen LogP contribution in [0.3, 0.4) is 0 Å². The Morgan fingerprint density at radius 1 is 0.628 bits per heavy atom. The first kappa shape index (κ1) is 26.3. The van der Waals surface area contributed by atoms with Crippen LogP contribution in [0, 0.1) is 0 Å². The number of hydrogen-bond acceptors (Lipinski definition) is 1. The van der Waals surface area contributed by atoms with E-state index in [2.05, 4.69) is 181 Å². The topological polar surface area (TPSA) is 8.17 Å². The van der Waals surface area contributed by atoms with Gasteiger partial charge >= 0.3 is 0 Å². The third-order valence-corrected chi connectivity index (χ3v) is 8.02. The number of benzene rings is 6. The van der Waals surface area contributed by atoms with Crippen LogP contribution < -0.4 is 4.90 Å². The molecule has 0 aliphatic carbocycles. The zero-order chi connectivity index (χ0) is 29.2. The van der Waals surface area contributed by atoms with Crippen molar-refractivity contribution < 1.29 is 0 Å². The molecule has 7 rings (SSSR count). The maximum atomic E-state index is 4.34. The normalized spacial score (nSPS) is 11.4. The van der Waals surface area contributed by atoms with Crippen molar-refractivity contribution in [2.45, 2.75) is 6.92 Å². The van der Waals surface area contributed by atoms with Crippen LogP contribution >= 0.6 is 0 Å². The third kappa shape index (κ3) is 4.64. The van der Waals surface area contributed by atoms with E-state index in [1.807, 2.05) is 6.08 Å². The van der Waals surface area contributed by atoms with Gasteiger partial charge < -0.3 is 9.47 Å². The van der Waals surface area contributed by atoms with Crippen molar-refractivity contribution in [1.82, 2.24) is 4.57 Å². The number of allylic oxidation sites excluding steroid dienone is 1. The summed E-state index contributed by atoms with van der Waals surface area (Å²) in [7, 11) is 0. The predicted molar refractivity (Wildman–Crippen MR) is 186 cm³/mol. The van der Waals surface area contributed by atoms with Gasteiger partial charge in [-0.3, -0.25) is 0 Å². The Kier molecular flexibility index (Phi) is 6.94. The molecule has 6 aromatic carbocycles. The van der Waals surface area contributed by atoms with Crippen LogP contribution in [-0.4, -0.2) is 4.57 Å². The van der Waals surface area contributed by atoms with E-state index in [9.17, 15) is 0 Å². The smallest absolute Gasteiger partial charge is 0.0788 e. The van der Waals surface area contributed by atoms with Crippen LogP contribution in [0.15, 0.2) is 158 Å². The van der Waals surface area contributed by atoms with Crippen LogP contribution in [-0.2, 0) is 0 Å². The van der Waals surface area contributed by atoms with Crippen molar-refractivity contribution in [3.05, 3.63) is 170 Å². The molecule has 0 aliphatic rings. The molecule has 2 nitrogen and oxygen atoms in total. The summed E-state index contributed by atoms with van der Waals surface area (Å²) in [4.78, 5) is 2.37. The molecule has 0 radical (unpaired) electrons. The zero-order valence-electron chi connectivity index (χ0n) is 24.2. The molecule has 0 atom stereocenters. The Morgan fingerprint density at radius 3 is 1.88 bits per heavy atom. The maximum absolute atomic E-state index is 4.34. The van der Waals surface area contributed by atoms with Crippen molar-refractivity contribution in [2.24, 2.45) is 0 Å². The van der Waals surface area contributed by atoms with E-state index in [4.69, 9.17) is 0 Å². The largest absolute Gasteiger partial charge is 0.308 e. The van der Waals surface area contributed by atoms with E-state index < -0.39 is 0 Å². The van der Waals surface area contributed by atoms with Gasteiger partial charge in [0.1, 0.15) is 0 Å². The number of anilines is 3. The van der Waals surface area contributed by atoms with Gasteiger partial charge in [-0.2, -0.15) is 0 Å². The Morgan fingerprint density at radius 2 is 1.23 bits per heavy atom. The molecule has 0 N–H and O–H groups in total. The highest BCUT2D eigenvalue weighted by atomic mass is 15.2. The fourth-order valence-electron chi connectivity index (χ4n) is 6.20. The van der Waals surface area contributed by atoms with Crippen molar-refractivity contribution in [2.75, 3.05) is 4.90 Å². The Balaban J connectivity index is 1.66. The molecule has 0 fully saturated rings. The van der Waals surface area contributed by atoms with E-state index in [1.54, 1.807) is 0 Å². The van der Waals surface area contributed by atoms with Crippen molar-refractivity contribution >= 4 is 50.9 Å². The van der Waals surface area contributed by atoms with Gasteiger partial charge in [0, 0.05) is 28.0 Å². The van der Waals surface area contributed by atoms with Gasteiger partial charge in [0.2, 0.25) is 0 Å². The minimum atomic E-state index is 1.07. The standard InChI is InChI=1S/C41H32N2/c1-3-17-37-38(4-2)43(35-26-16-21-31(28-35)30-18-8-5-9-19-30)41-39(29-32-20-14-15-27-36(32)40(37)41)42(33-22-10-6-11-23-33)34-24-12-7-13-25-34/h3-29H,2H2,1H3/b17-3-. The fraction of sp³-hybridized carbons (Fsp3) is 0.0244. The van der Waals surface area contributed by atoms with Gasteiger partial charge in [-0.25, -0.2) is 0 Å². The van der Waals surface area contributed by atoms with Gasteiger partial charge in [0.25, 0.3) is 0 Å². The van der Waals surface area contributed by atoms with Crippen LogP contribution in [0.25, 0.3) is 50.6 Å². The monoisotopic (exact) mass is 552 g/mol. The molecule has 0 saturated carbocycles. The molecular formula is C41H32N2. The summed E-state index contributed by atoms with van der Waals surface area (Å²) in [6, 6.07) is 51.7. The lowest BCUT2D eigenvalue weighted by Crippen LogP contribution is -2.12. The first-order valence-electron chi connectivity index (χ1n) is 14.7. The lowest BCUT2D eigenvalue weighted by atomic mass is 10.00. The lowest BCUT2D eigenvalue weighted by molar-refractivity contribution is 1.10. The highest BCUT2D eigenvalue weighted by Crippen LogP contribution is 2.46. The van der Waals surface area contributed by atoms with Crippen LogP contribution in [0.2, 0.25) is 0 Å². The molecule has 43 heavy (non-hydrogen) atoms. The number of hydrogen-bond donors (Lipinski definition) is 0. The van der Waals surface area contributed by atoms with Crippen molar-refractivity contribution in [1.29, 1.82) is 0 Å². The van der Waals surface area contributed by atoms with E-state index in [1.165, 1.54) is 27.3 Å². The van der Waals surface area contributed by atoms with Crippen molar-refractivity contribution in [3.8, 4) is 16.8 Å². The first-order chi connectivity index (χ1) is 21.3. The van der Waals surface area contributed by atoms with E-state index in [0.29, 0.717) is 0 Å².